The fraction of sp³-hybridized carbons (Fsp3) is 0.267. The number of carbonyl (C=O) groups is 1. The first-order valence-electron chi connectivity index (χ1n) is 6.74. The molecule has 1 atom stereocenters. The van der Waals surface area contributed by atoms with Gasteiger partial charge in [0.15, 0.2) is 0 Å². The molecule has 7 heteroatoms. The van der Waals surface area contributed by atoms with E-state index >= 15 is 0 Å². The molecule has 1 aliphatic rings. The zero-order valence-electron chi connectivity index (χ0n) is 11.9. The number of hydrogen-bond acceptors (Lipinski definition) is 4. The quantitative estimate of drug-likeness (QED) is 0.665. The molecule has 1 fully saturated rings. The lowest BCUT2D eigenvalue weighted by Crippen LogP contribution is -2.38. The smallest absolute Gasteiger partial charge is 0.257 e. The van der Waals surface area contributed by atoms with Crippen LogP contribution in [-0.4, -0.2) is 29.7 Å². The van der Waals surface area contributed by atoms with Gasteiger partial charge in [0.2, 0.25) is 0 Å². The number of hydrogen-bond donors (Lipinski definition) is 2. The molecule has 1 aliphatic heterocycles. The Morgan fingerprint density at radius 1 is 1.36 bits per heavy atom. The van der Waals surface area contributed by atoms with Crippen LogP contribution < -0.4 is 10.7 Å². The molecule has 1 unspecified atom stereocenters. The van der Waals surface area contributed by atoms with Crippen molar-refractivity contribution in [3.8, 4) is 0 Å². The van der Waals surface area contributed by atoms with Crippen LogP contribution >= 0.6 is 24.8 Å². The lowest BCUT2D eigenvalue weighted by molar-refractivity contribution is -0.122. The number of amides is 1. The molecule has 1 aromatic heterocycles. The first-order chi connectivity index (χ1) is 9.83. The minimum absolute atomic E-state index is 0. The molecule has 0 spiro atoms. The number of aromatic nitrogens is 1. The van der Waals surface area contributed by atoms with Gasteiger partial charge in [-0.3, -0.25) is 9.78 Å². The number of fused-ring (bicyclic) bond motifs is 1. The summed E-state index contributed by atoms with van der Waals surface area (Å²) in [6, 6.07) is 9.66. The molecule has 3 rings (SSSR count). The Morgan fingerprint density at radius 3 is 3.00 bits per heavy atom. The van der Waals surface area contributed by atoms with Crippen LogP contribution in [0.4, 0.5) is 0 Å². The van der Waals surface area contributed by atoms with Gasteiger partial charge in [0.25, 0.3) is 5.91 Å². The SMILES string of the molecule is Cl.Cl.O=C(N/N=C/c1ccc2ncccc2c1)C1CCCN1. The Balaban J connectivity index is 0.00000121. The summed E-state index contributed by atoms with van der Waals surface area (Å²) in [5, 5.41) is 8.20. The van der Waals surface area contributed by atoms with Crippen molar-refractivity contribution in [1.82, 2.24) is 15.7 Å². The van der Waals surface area contributed by atoms with Crippen LogP contribution in [0.15, 0.2) is 41.6 Å². The summed E-state index contributed by atoms with van der Waals surface area (Å²) in [5.41, 5.74) is 4.46. The predicted molar refractivity (Wildman–Crippen MR) is 93.0 cm³/mol. The van der Waals surface area contributed by atoms with Crippen LogP contribution in [0.25, 0.3) is 10.9 Å². The van der Waals surface area contributed by atoms with E-state index in [1.54, 1.807) is 12.4 Å². The highest BCUT2D eigenvalue weighted by Gasteiger charge is 2.21. The first-order valence-corrected chi connectivity index (χ1v) is 6.74. The second-order valence-corrected chi connectivity index (χ2v) is 4.84. The molecular weight excluding hydrogens is 323 g/mol. The molecule has 0 aliphatic carbocycles. The number of benzene rings is 1. The molecule has 2 heterocycles. The van der Waals surface area contributed by atoms with Gasteiger partial charge in [-0.15, -0.1) is 24.8 Å². The standard InChI is InChI=1S/C15H16N4O.2ClH/c20-15(14-4-2-8-17-14)19-18-10-11-5-6-13-12(9-11)3-1-7-16-13;;/h1,3,5-7,9-10,14,17H,2,4,8H2,(H,19,20);2*1H/b18-10+;;. The number of rotatable bonds is 3. The summed E-state index contributed by atoms with van der Waals surface area (Å²) in [6.45, 7) is 0.902. The van der Waals surface area contributed by atoms with Gasteiger partial charge < -0.3 is 5.32 Å². The van der Waals surface area contributed by atoms with E-state index in [4.69, 9.17) is 0 Å². The minimum atomic E-state index is -0.104. The summed E-state index contributed by atoms with van der Waals surface area (Å²) < 4.78 is 0. The summed E-state index contributed by atoms with van der Waals surface area (Å²) in [7, 11) is 0. The van der Waals surface area contributed by atoms with Crippen LogP contribution in [0.1, 0.15) is 18.4 Å². The lowest BCUT2D eigenvalue weighted by Gasteiger charge is -2.06. The van der Waals surface area contributed by atoms with E-state index in [1.165, 1.54) is 0 Å². The first kappa shape index (κ1) is 18.4. The van der Waals surface area contributed by atoms with E-state index in [9.17, 15) is 4.79 Å². The molecule has 1 aromatic carbocycles. The van der Waals surface area contributed by atoms with Gasteiger partial charge >= 0.3 is 0 Å². The molecule has 5 nitrogen and oxygen atoms in total. The van der Waals surface area contributed by atoms with Gasteiger partial charge in [-0.25, -0.2) is 5.43 Å². The maximum absolute atomic E-state index is 11.8. The number of carbonyl (C=O) groups excluding carboxylic acids is 1. The van der Waals surface area contributed by atoms with Crippen LogP contribution in [0.5, 0.6) is 0 Å². The van der Waals surface area contributed by atoms with Gasteiger partial charge in [-0.05, 0) is 43.1 Å². The Morgan fingerprint density at radius 2 is 2.23 bits per heavy atom. The zero-order valence-corrected chi connectivity index (χ0v) is 13.5. The number of halogens is 2. The van der Waals surface area contributed by atoms with Crippen molar-refractivity contribution in [3.63, 3.8) is 0 Å². The molecule has 0 saturated carbocycles. The average molecular weight is 341 g/mol. The van der Waals surface area contributed by atoms with Crippen molar-refractivity contribution in [2.45, 2.75) is 18.9 Å². The van der Waals surface area contributed by atoms with Crippen LogP contribution in [0, 0.1) is 0 Å². The van der Waals surface area contributed by atoms with Crippen molar-refractivity contribution in [1.29, 1.82) is 0 Å². The molecule has 0 bridgehead atoms. The van der Waals surface area contributed by atoms with Crippen LogP contribution in [-0.2, 0) is 4.79 Å². The van der Waals surface area contributed by atoms with Crippen molar-refractivity contribution in [3.05, 3.63) is 42.1 Å². The van der Waals surface area contributed by atoms with Gasteiger partial charge in [0.05, 0.1) is 17.8 Å². The van der Waals surface area contributed by atoms with Gasteiger partial charge in [0.1, 0.15) is 0 Å². The van der Waals surface area contributed by atoms with E-state index in [0.29, 0.717) is 0 Å². The number of nitrogens with one attached hydrogen (secondary N) is 2. The number of pyridine rings is 1. The van der Waals surface area contributed by atoms with Gasteiger partial charge in [-0.2, -0.15) is 5.10 Å². The molecule has 22 heavy (non-hydrogen) atoms. The Labute approximate surface area is 141 Å². The molecule has 118 valence electrons. The third kappa shape index (κ3) is 4.40. The second kappa shape index (κ2) is 8.68. The average Bonchev–Trinajstić information content (AvgIpc) is 3.01. The van der Waals surface area contributed by atoms with E-state index in [-0.39, 0.29) is 36.8 Å². The van der Waals surface area contributed by atoms with Crippen molar-refractivity contribution in [2.75, 3.05) is 6.54 Å². The van der Waals surface area contributed by atoms with Crippen molar-refractivity contribution in [2.24, 2.45) is 5.10 Å². The van der Waals surface area contributed by atoms with E-state index in [2.05, 4.69) is 20.8 Å². The summed E-state index contributed by atoms with van der Waals surface area (Å²) in [5.74, 6) is -0.0683. The predicted octanol–water partition coefficient (Wildman–Crippen LogP) is 2.28. The molecule has 2 aromatic rings. The Bertz CT molecular complexity index is 657. The highest BCUT2D eigenvalue weighted by atomic mass is 35.5. The number of hydrazone groups is 1. The van der Waals surface area contributed by atoms with E-state index in [0.717, 1.165) is 35.9 Å². The highest BCUT2D eigenvalue weighted by molar-refractivity contribution is 5.89. The van der Waals surface area contributed by atoms with Crippen molar-refractivity contribution < 1.29 is 4.79 Å². The number of nitrogens with zero attached hydrogens (tertiary/aromatic N) is 2. The monoisotopic (exact) mass is 340 g/mol. The topological polar surface area (TPSA) is 66.4 Å². The van der Waals surface area contributed by atoms with Crippen LogP contribution in [0.2, 0.25) is 0 Å². The lowest BCUT2D eigenvalue weighted by atomic mass is 10.1. The minimum Gasteiger partial charge on any atom is -0.306 e. The maximum atomic E-state index is 11.8. The third-order valence-corrected chi connectivity index (χ3v) is 3.39. The Kier molecular flexibility index (Phi) is 7.24. The molecular formula is C15H18Cl2N4O. The zero-order chi connectivity index (χ0) is 13.8. The molecule has 1 saturated heterocycles. The molecule has 0 radical (unpaired) electrons. The van der Waals surface area contributed by atoms with E-state index in [1.807, 2.05) is 30.3 Å². The summed E-state index contributed by atoms with van der Waals surface area (Å²) >= 11 is 0. The maximum Gasteiger partial charge on any atom is 0.257 e. The fourth-order valence-corrected chi connectivity index (χ4v) is 2.33. The van der Waals surface area contributed by atoms with Crippen molar-refractivity contribution >= 4 is 47.8 Å². The fourth-order valence-electron chi connectivity index (χ4n) is 2.33. The largest absolute Gasteiger partial charge is 0.306 e. The summed E-state index contributed by atoms with van der Waals surface area (Å²) in [6.07, 6.45) is 5.34. The molecule has 2 N–H and O–H groups in total. The highest BCUT2D eigenvalue weighted by Crippen LogP contribution is 2.11. The van der Waals surface area contributed by atoms with E-state index < -0.39 is 0 Å². The van der Waals surface area contributed by atoms with Crippen LogP contribution in [0.3, 0.4) is 0 Å². The molecule has 1 amide bonds. The van der Waals surface area contributed by atoms with Gasteiger partial charge in [-0.1, -0.05) is 12.1 Å². The summed E-state index contributed by atoms with van der Waals surface area (Å²) in [4.78, 5) is 16.0. The second-order valence-electron chi connectivity index (χ2n) is 4.84. The van der Waals surface area contributed by atoms with Gasteiger partial charge in [0, 0.05) is 11.6 Å². The third-order valence-electron chi connectivity index (χ3n) is 3.39. The Hall–Kier alpha value is -1.69. The normalized spacial score (nSPS) is 17.0.